The Labute approximate surface area is 109 Å². The average molecular weight is 257 g/mol. The molecule has 1 aliphatic rings. The number of carbonyl (C=O) groups excluding carboxylic acids is 1. The molecule has 0 aromatic heterocycles. The Balaban J connectivity index is 2.54. The number of rotatable bonds is 4. The van der Waals surface area contributed by atoms with Crippen LogP contribution in [-0.2, 0) is 4.79 Å². The first-order chi connectivity index (χ1) is 7.89. The van der Waals surface area contributed by atoms with Crippen molar-refractivity contribution in [3.05, 3.63) is 0 Å². The molecule has 0 saturated carbocycles. The van der Waals surface area contributed by atoms with Crippen molar-refractivity contribution in [1.82, 2.24) is 9.80 Å². The van der Waals surface area contributed by atoms with Crippen LogP contribution in [0.15, 0.2) is 0 Å². The molecule has 0 spiro atoms. The first-order valence-corrected chi connectivity index (χ1v) is 6.62. The SMILES string of the molecule is CCCN1CCN(C(=O)C(C)(C)C(N)=S)CC1. The summed E-state index contributed by atoms with van der Waals surface area (Å²) < 4.78 is 0. The second kappa shape index (κ2) is 5.78. The van der Waals surface area contributed by atoms with Gasteiger partial charge < -0.3 is 10.6 Å². The summed E-state index contributed by atoms with van der Waals surface area (Å²) in [5.41, 5.74) is 4.91. The van der Waals surface area contributed by atoms with E-state index in [1.165, 1.54) is 0 Å². The van der Waals surface area contributed by atoms with Crippen LogP contribution in [0.3, 0.4) is 0 Å². The van der Waals surface area contributed by atoms with Gasteiger partial charge in [0.1, 0.15) is 0 Å². The minimum atomic E-state index is -0.720. The van der Waals surface area contributed by atoms with Crippen molar-refractivity contribution < 1.29 is 4.79 Å². The van der Waals surface area contributed by atoms with Gasteiger partial charge in [-0.15, -0.1) is 0 Å². The van der Waals surface area contributed by atoms with Gasteiger partial charge in [-0.2, -0.15) is 0 Å². The molecular formula is C12H23N3OS. The van der Waals surface area contributed by atoms with Crippen molar-refractivity contribution in [2.24, 2.45) is 11.1 Å². The van der Waals surface area contributed by atoms with Crippen molar-refractivity contribution in [2.75, 3.05) is 32.7 Å². The summed E-state index contributed by atoms with van der Waals surface area (Å²) in [7, 11) is 0. The molecule has 1 aliphatic heterocycles. The third-order valence-electron chi connectivity index (χ3n) is 3.35. The van der Waals surface area contributed by atoms with E-state index in [1.54, 1.807) is 13.8 Å². The van der Waals surface area contributed by atoms with Gasteiger partial charge in [0.15, 0.2) is 0 Å². The number of amides is 1. The van der Waals surface area contributed by atoms with Gasteiger partial charge in [0.05, 0.1) is 10.4 Å². The Morgan fingerprint density at radius 3 is 2.24 bits per heavy atom. The van der Waals surface area contributed by atoms with E-state index in [0.29, 0.717) is 0 Å². The molecule has 0 aromatic carbocycles. The second-order valence-electron chi connectivity index (χ2n) is 5.12. The van der Waals surface area contributed by atoms with Gasteiger partial charge in [-0.05, 0) is 26.8 Å². The van der Waals surface area contributed by atoms with Crippen molar-refractivity contribution in [3.63, 3.8) is 0 Å². The highest BCUT2D eigenvalue weighted by Gasteiger charge is 2.35. The van der Waals surface area contributed by atoms with Crippen molar-refractivity contribution in [2.45, 2.75) is 27.2 Å². The number of carbonyl (C=O) groups is 1. The van der Waals surface area contributed by atoms with E-state index in [0.717, 1.165) is 39.1 Å². The van der Waals surface area contributed by atoms with Gasteiger partial charge in [-0.3, -0.25) is 9.69 Å². The van der Waals surface area contributed by atoms with Crippen LogP contribution in [-0.4, -0.2) is 53.4 Å². The predicted molar refractivity (Wildman–Crippen MR) is 73.9 cm³/mol. The third-order valence-corrected chi connectivity index (χ3v) is 3.86. The number of hydrogen-bond acceptors (Lipinski definition) is 3. The highest BCUT2D eigenvalue weighted by Crippen LogP contribution is 2.20. The lowest BCUT2D eigenvalue weighted by atomic mass is 9.91. The van der Waals surface area contributed by atoms with E-state index in [9.17, 15) is 4.79 Å². The first kappa shape index (κ1) is 14.4. The summed E-state index contributed by atoms with van der Waals surface area (Å²) in [5.74, 6) is 0.0566. The molecule has 1 saturated heterocycles. The van der Waals surface area contributed by atoms with Gasteiger partial charge in [0.25, 0.3) is 0 Å². The second-order valence-corrected chi connectivity index (χ2v) is 5.56. The predicted octanol–water partition coefficient (Wildman–Crippen LogP) is 0.853. The molecule has 1 amide bonds. The van der Waals surface area contributed by atoms with Gasteiger partial charge in [-0.1, -0.05) is 19.1 Å². The Bertz CT molecular complexity index is 296. The summed E-state index contributed by atoms with van der Waals surface area (Å²) in [6.07, 6.45) is 1.16. The maximum absolute atomic E-state index is 12.3. The molecule has 17 heavy (non-hydrogen) atoms. The molecule has 1 fully saturated rings. The summed E-state index contributed by atoms with van der Waals surface area (Å²) in [6, 6.07) is 0. The molecule has 0 aliphatic carbocycles. The van der Waals surface area contributed by atoms with Crippen LogP contribution < -0.4 is 5.73 Å². The van der Waals surface area contributed by atoms with Gasteiger partial charge in [-0.25, -0.2) is 0 Å². The maximum Gasteiger partial charge on any atom is 0.235 e. The van der Waals surface area contributed by atoms with Crippen molar-refractivity contribution >= 4 is 23.1 Å². The van der Waals surface area contributed by atoms with Crippen molar-refractivity contribution in [3.8, 4) is 0 Å². The van der Waals surface area contributed by atoms with E-state index in [4.69, 9.17) is 18.0 Å². The minimum Gasteiger partial charge on any atom is -0.392 e. The van der Waals surface area contributed by atoms with Gasteiger partial charge in [0.2, 0.25) is 5.91 Å². The number of thiocarbonyl (C=S) groups is 1. The summed E-state index contributed by atoms with van der Waals surface area (Å²) in [6.45, 7) is 10.4. The van der Waals surface area contributed by atoms with Crippen LogP contribution in [0.1, 0.15) is 27.2 Å². The molecule has 5 heteroatoms. The average Bonchev–Trinajstić information content (AvgIpc) is 2.29. The molecule has 2 N–H and O–H groups in total. The topological polar surface area (TPSA) is 49.6 Å². The lowest BCUT2D eigenvalue weighted by molar-refractivity contribution is -0.138. The van der Waals surface area contributed by atoms with Crippen LogP contribution in [0.25, 0.3) is 0 Å². The highest BCUT2D eigenvalue weighted by atomic mass is 32.1. The summed E-state index contributed by atoms with van der Waals surface area (Å²) >= 11 is 4.96. The van der Waals surface area contributed by atoms with E-state index in [2.05, 4.69) is 11.8 Å². The molecule has 0 atom stereocenters. The number of hydrogen-bond donors (Lipinski definition) is 1. The Hall–Kier alpha value is -0.680. The lowest BCUT2D eigenvalue weighted by Gasteiger charge is -2.38. The number of piperazine rings is 1. The quantitative estimate of drug-likeness (QED) is 0.759. The fourth-order valence-corrected chi connectivity index (χ4v) is 2.08. The van der Waals surface area contributed by atoms with Crippen LogP contribution in [0, 0.1) is 5.41 Å². The van der Waals surface area contributed by atoms with E-state index >= 15 is 0 Å². The Morgan fingerprint density at radius 2 is 1.82 bits per heavy atom. The van der Waals surface area contributed by atoms with E-state index < -0.39 is 5.41 Å². The van der Waals surface area contributed by atoms with Gasteiger partial charge in [0, 0.05) is 26.2 Å². The van der Waals surface area contributed by atoms with Crippen LogP contribution >= 0.6 is 12.2 Å². The maximum atomic E-state index is 12.3. The number of nitrogens with zero attached hydrogens (tertiary/aromatic N) is 2. The lowest BCUT2D eigenvalue weighted by Crippen LogP contribution is -2.54. The zero-order valence-electron chi connectivity index (χ0n) is 11.0. The summed E-state index contributed by atoms with van der Waals surface area (Å²) in [5, 5.41) is 0. The fraction of sp³-hybridized carbons (Fsp3) is 0.833. The molecule has 0 unspecified atom stereocenters. The molecule has 0 radical (unpaired) electrons. The molecule has 4 nitrogen and oxygen atoms in total. The summed E-state index contributed by atoms with van der Waals surface area (Å²) in [4.78, 5) is 16.8. The van der Waals surface area contributed by atoms with Crippen molar-refractivity contribution in [1.29, 1.82) is 0 Å². The minimum absolute atomic E-state index is 0.0566. The zero-order valence-corrected chi connectivity index (χ0v) is 11.8. The molecular weight excluding hydrogens is 234 g/mol. The molecule has 1 rings (SSSR count). The monoisotopic (exact) mass is 257 g/mol. The zero-order chi connectivity index (χ0) is 13.1. The van der Waals surface area contributed by atoms with Crippen LogP contribution in [0.2, 0.25) is 0 Å². The highest BCUT2D eigenvalue weighted by molar-refractivity contribution is 7.80. The standard InChI is InChI=1S/C12H23N3OS/c1-4-5-14-6-8-15(9-7-14)11(16)12(2,3)10(13)17/h4-9H2,1-3H3,(H2,13,17). The van der Waals surface area contributed by atoms with Crippen LogP contribution in [0.4, 0.5) is 0 Å². The number of nitrogens with two attached hydrogens (primary N) is 1. The van der Waals surface area contributed by atoms with Crippen LogP contribution in [0.5, 0.6) is 0 Å². The third kappa shape index (κ3) is 3.39. The molecule has 98 valence electrons. The van der Waals surface area contributed by atoms with Gasteiger partial charge >= 0.3 is 0 Å². The Morgan fingerprint density at radius 1 is 1.29 bits per heavy atom. The molecule has 0 bridgehead atoms. The van der Waals surface area contributed by atoms with E-state index in [1.807, 2.05) is 4.90 Å². The Kier molecular flexibility index (Phi) is 4.89. The fourth-order valence-electron chi connectivity index (χ4n) is 1.99. The smallest absolute Gasteiger partial charge is 0.235 e. The normalized spacial score (nSPS) is 18.2. The molecule has 0 aromatic rings. The molecule has 1 heterocycles. The first-order valence-electron chi connectivity index (χ1n) is 6.21. The largest absolute Gasteiger partial charge is 0.392 e. The van der Waals surface area contributed by atoms with E-state index in [-0.39, 0.29) is 10.9 Å².